The van der Waals surface area contributed by atoms with Gasteiger partial charge in [-0.25, -0.2) is 4.99 Å². The topological polar surface area (TPSA) is 66.4 Å². The Bertz CT molecular complexity index is 706. The molecular formula is C24H39IN4O3. The van der Waals surface area contributed by atoms with E-state index in [0.717, 1.165) is 71.0 Å². The molecule has 0 saturated carbocycles. The van der Waals surface area contributed by atoms with E-state index in [9.17, 15) is 4.79 Å². The van der Waals surface area contributed by atoms with Gasteiger partial charge in [0.1, 0.15) is 0 Å². The van der Waals surface area contributed by atoms with Gasteiger partial charge in [0.15, 0.2) is 5.96 Å². The van der Waals surface area contributed by atoms with Crippen molar-refractivity contribution < 1.29 is 14.3 Å². The maximum Gasteiger partial charge on any atom is 0.222 e. The number of methoxy groups -OCH3 is 1. The summed E-state index contributed by atoms with van der Waals surface area (Å²) in [6, 6.07) is 8.50. The van der Waals surface area contributed by atoms with Gasteiger partial charge in [-0.05, 0) is 43.7 Å². The summed E-state index contributed by atoms with van der Waals surface area (Å²) >= 11 is 0. The minimum Gasteiger partial charge on any atom is -0.385 e. The van der Waals surface area contributed by atoms with Crippen LogP contribution in [0.1, 0.15) is 50.2 Å². The largest absolute Gasteiger partial charge is 0.385 e. The fraction of sp³-hybridized carbons (Fsp3) is 0.667. The number of aliphatic imine (C=N–C) groups is 1. The van der Waals surface area contributed by atoms with E-state index in [-0.39, 0.29) is 29.9 Å². The molecule has 180 valence electrons. The second-order valence-electron chi connectivity index (χ2n) is 8.31. The van der Waals surface area contributed by atoms with Crippen molar-refractivity contribution in [3.8, 4) is 0 Å². The molecule has 0 radical (unpaired) electrons. The van der Waals surface area contributed by atoms with Crippen molar-refractivity contribution in [1.29, 1.82) is 0 Å². The van der Waals surface area contributed by atoms with Gasteiger partial charge in [-0.15, -0.1) is 24.0 Å². The van der Waals surface area contributed by atoms with Gasteiger partial charge < -0.3 is 24.6 Å². The molecule has 2 fully saturated rings. The lowest BCUT2D eigenvalue weighted by atomic mass is 10.1. The number of hydrogen-bond donors (Lipinski definition) is 1. The first-order valence-electron chi connectivity index (χ1n) is 11.7. The first-order valence-corrected chi connectivity index (χ1v) is 11.7. The normalized spacial score (nSPS) is 17.6. The fourth-order valence-corrected chi connectivity index (χ4v) is 4.12. The molecule has 1 aromatic rings. The summed E-state index contributed by atoms with van der Waals surface area (Å²) < 4.78 is 11.1. The van der Waals surface area contributed by atoms with Crippen molar-refractivity contribution in [3.63, 3.8) is 0 Å². The summed E-state index contributed by atoms with van der Waals surface area (Å²) in [4.78, 5) is 21.0. The summed E-state index contributed by atoms with van der Waals surface area (Å²) in [5.74, 6) is 1.25. The van der Waals surface area contributed by atoms with Crippen molar-refractivity contribution in [2.24, 2.45) is 4.99 Å². The number of hydrogen-bond acceptors (Lipinski definition) is 4. The number of nitrogens with zero attached hydrogens (tertiary/aromatic N) is 3. The first-order chi connectivity index (χ1) is 15.2. The maximum atomic E-state index is 11.8. The van der Waals surface area contributed by atoms with Crippen molar-refractivity contribution >= 4 is 35.8 Å². The molecule has 0 atom stereocenters. The van der Waals surface area contributed by atoms with Gasteiger partial charge in [0.05, 0.1) is 12.6 Å². The number of halogens is 1. The van der Waals surface area contributed by atoms with Crippen molar-refractivity contribution in [3.05, 3.63) is 35.4 Å². The van der Waals surface area contributed by atoms with Crippen molar-refractivity contribution in [1.82, 2.24) is 15.1 Å². The van der Waals surface area contributed by atoms with E-state index in [0.29, 0.717) is 25.6 Å². The molecule has 0 aliphatic carbocycles. The molecule has 2 saturated heterocycles. The number of piperidine rings is 1. The Labute approximate surface area is 209 Å². The molecule has 0 bridgehead atoms. The van der Waals surface area contributed by atoms with Gasteiger partial charge in [-0.2, -0.15) is 0 Å². The van der Waals surface area contributed by atoms with Crippen LogP contribution in [-0.4, -0.2) is 74.3 Å². The van der Waals surface area contributed by atoms with Crippen LogP contribution in [0.15, 0.2) is 29.3 Å². The van der Waals surface area contributed by atoms with Crippen LogP contribution in [0.25, 0.3) is 0 Å². The fourth-order valence-electron chi connectivity index (χ4n) is 4.12. The molecular weight excluding hydrogens is 519 g/mol. The molecule has 32 heavy (non-hydrogen) atoms. The van der Waals surface area contributed by atoms with Crippen molar-refractivity contribution in [2.75, 3.05) is 46.5 Å². The Morgan fingerprint density at radius 2 is 1.84 bits per heavy atom. The Morgan fingerprint density at radius 1 is 1.12 bits per heavy atom. The molecule has 3 rings (SSSR count). The number of carbonyl (C=O) groups excluding carboxylic acids is 1. The highest BCUT2D eigenvalue weighted by Crippen LogP contribution is 2.16. The van der Waals surface area contributed by atoms with Crippen LogP contribution in [-0.2, 0) is 27.4 Å². The Morgan fingerprint density at radius 3 is 2.47 bits per heavy atom. The van der Waals surface area contributed by atoms with E-state index in [4.69, 9.17) is 14.5 Å². The second kappa shape index (κ2) is 14.7. The highest BCUT2D eigenvalue weighted by atomic mass is 127. The quantitative estimate of drug-likeness (QED) is 0.207. The van der Waals surface area contributed by atoms with E-state index in [1.165, 1.54) is 11.1 Å². The minimum atomic E-state index is 0. The van der Waals surface area contributed by atoms with Gasteiger partial charge in [-0.3, -0.25) is 4.79 Å². The van der Waals surface area contributed by atoms with Crippen LogP contribution in [0.2, 0.25) is 0 Å². The standard InChI is InChI=1S/C24H38N4O3.HI/c1-3-25-24(27-14-11-22(12-15-27)31-17-5-16-30-2)26-18-20-7-9-21(10-8-20)19-28-13-4-6-23(28)29;/h7-10,22H,3-6,11-19H2,1-2H3,(H,25,26);1H. The highest BCUT2D eigenvalue weighted by molar-refractivity contribution is 14.0. The van der Waals surface area contributed by atoms with E-state index in [1.54, 1.807) is 7.11 Å². The lowest BCUT2D eigenvalue weighted by molar-refractivity contribution is -0.128. The lowest BCUT2D eigenvalue weighted by Gasteiger charge is -2.34. The Balaban J connectivity index is 0.00000363. The van der Waals surface area contributed by atoms with E-state index < -0.39 is 0 Å². The number of rotatable bonds is 10. The third-order valence-electron chi connectivity index (χ3n) is 5.90. The zero-order chi connectivity index (χ0) is 21.9. The SMILES string of the molecule is CCNC(=NCc1ccc(CN2CCCC2=O)cc1)N1CCC(OCCCOC)CC1.I. The summed E-state index contributed by atoms with van der Waals surface area (Å²) in [7, 11) is 1.73. The third kappa shape index (κ3) is 8.51. The number of benzene rings is 1. The summed E-state index contributed by atoms with van der Waals surface area (Å²) in [5.41, 5.74) is 2.37. The monoisotopic (exact) mass is 558 g/mol. The predicted octanol–water partition coefficient (Wildman–Crippen LogP) is 3.41. The molecule has 1 amide bonds. The number of nitrogens with one attached hydrogen (secondary N) is 1. The van der Waals surface area contributed by atoms with Crippen LogP contribution in [0.3, 0.4) is 0 Å². The molecule has 1 aromatic carbocycles. The van der Waals surface area contributed by atoms with Crippen LogP contribution in [0.4, 0.5) is 0 Å². The van der Waals surface area contributed by atoms with Gasteiger partial charge in [0.2, 0.25) is 5.91 Å². The summed E-state index contributed by atoms with van der Waals surface area (Å²) in [6.45, 7) is 8.66. The predicted molar refractivity (Wildman–Crippen MR) is 138 cm³/mol. The molecule has 0 unspecified atom stereocenters. The van der Waals surface area contributed by atoms with Crippen molar-refractivity contribution in [2.45, 2.75) is 58.2 Å². The van der Waals surface area contributed by atoms with Crippen LogP contribution < -0.4 is 5.32 Å². The third-order valence-corrected chi connectivity index (χ3v) is 5.90. The molecule has 2 heterocycles. The minimum absolute atomic E-state index is 0. The molecule has 7 nitrogen and oxygen atoms in total. The molecule has 2 aliphatic rings. The highest BCUT2D eigenvalue weighted by Gasteiger charge is 2.22. The molecule has 8 heteroatoms. The van der Waals surface area contributed by atoms with E-state index >= 15 is 0 Å². The smallest absolute Gasteiger partial charge is 0.222 e. The first kappa shape index (κ1) is 26.9. The number of amides is 1. The van der Waals surface area contributed by atoms with Crippen LogP contribution in [0.5, 0.6) is 0 Å². The average molecular weight is 559 g/mol. The van der Waals surface area contributed by atoms with Crippen LogP contribution >= 0.6 is 24.0 Å². The molecule has 0 spiro atoms. The van der Waals surface area contributed by atoms with Gasteiger partial charge in [0.25, 0.3) is 0 Å². The average Bonchev–Trinajstić information content (AvgIpc) is 3.20. The number of ether oxygens (including phenoxy) is 2. The van der Waals surface area contributed by atoms with Crippen LogP contribution in [0, 0.1) is 0 Å². The number of likely N-dealkylation sites (tertiary alicyclic amines) is 2. The summed E-state index contributed by atoms with van der Waals surface area (Å²) in [5, 5.41) is 3.44. The number of guanidine groups is 1. The maximum absolute atomic E-state index is 11.8. The van der Waals surface area contributed by atoms with Gasteiger partial charge >= 0.3 is 0 Å². The van der Waals surface area contributed by atoms with E-state index in [1.807, 2.05) is 4.90 Å². The lowest BCUT2D eigenvalue weighted by Crippen LogP contribution is -2.47. The zero-order valence-corrected chi connectivity index (χ0v) is 21.9. The number of carbonyl (C=O) groups is 1. The zero-order valence-electron chi connectivity index (χ0n) is 19.6. The molecule has 1 N–H and O–H groups in total. The van der Waals surface area contributed by atoms with E-state index in [2.05, 4.69) is 41.4 Å². The second-order valence-corrected chi connectivity index (χ2v) is 8.31. The Hall–Kier alpha value is -1.39. The molecule has 0 aromatic heterocycles. The molecule has 2 aliphatic heterocycles. The van der Waals surface area contributed by atoms with Gasteiger partial charge in [0, 0.05) is 59.5 Å². The Kier molecular flexibility index (Phi) is 12.3. The van der Waals surface area contributed by atoms with Gasteiger partial charge in [-0.1, -0.05) is 24.3 Å². The summed E-state index contributed by atoms with van der Waals surface area (Å²) in [6.07, 6.45) is 5.02.